The highest BCUT2D eigenvalue weighted by Gasteiger charge is 2.36. The maximum atomic E-state index is 13.1. The number of nitrogens with zero attached hydrogens (tertiary/aromatic N) is 1. The monoisotopic (exact) mass is 501 g/mol. The summed E-state index contributed by atoms with van der Waals surface area (Å²) in [7, 11) is 3.02. The minimum absolute atomic E-state index is 0.00368. The van der Waals surface area contributed by atoms with Crippen molar-refractivity contribution in [1.82, 2.24) is 4.98 Å². The highest BCUT2D eigenvalue weighted by Crippen LogP contribution is 2.30. The number of esters is 1. The molecule has 2 heterocycles. The van der Waals surface area contributed by atoms with E-state index in [2.05, 4.69) is 4.98 Å². The molecule has 9 heteroatoms. The van der Waals surface area contributed by atoms with E-state index in [1.165, 1.54) is 19.4 Å². The number of cyclic esters (lactones) is 1. The summed E-state index contributed by atoms with van der Waals surface area (Å²) in [5.74, 6) is -2.20. The lowest BCUT2D eigenvalue weighted by Crippen LogP contribution is -2.40. The molecule has 0 spiro atoms. The molecule has 0 saturated carbocycles. The molecule has 4 atom stereocenters. The Morgan fingerprint density at radius 2 is 1.92 bits per heavy atom. The van der Waals surface area contributed by atoms with Gasteiger partial charge < -0.3 is 28.8 Å². The van der Waals surface area contributed by atoms with Gasteiger partial charge in [-0.3, -0.25) is 9.59 Å². The van der Waals surface area contributed by atoms with Crippen LogP contribution in [0.4, 0.5) is 0 Å². The third kappa shape index (κ3) is 7.49. The van der Waals surface area contributed by atoms with E-state index in [1.807, 2.05) is 30.3 Å². The van der Waals surface area contributed by atoms with Gasteiger partial charge in [0.1, 0.15) is 6.10 Å². The van der Waals surface area contributed by atoms with E-state index in [9.17, 15) is 14.7 Å². The molecule has 1 aliphatic heterocycles. The molecule has 0 unspecified atom stereocenters. The van der Waals surface area contributed by atoms with Gasteiger partial charge in [-0.25, -0.2) is 4.98 Å². The lowest BCUT2D eigenvalue weighted by molar-refractivity contribution is -0.162. The predicted molar refractivity (Wildman–Crippen MR) is 131 cm³/mol. The van der Waals surface area contributed by atoms with Gasteiger partial charge in [-0.1, -0.05) is 30.3 Å². The van der Waals surface area contributed by atoms with Crippen LogP contribution in [-0.2, 0) is 30.2 Å². The van der Waals surface area contributed by atoms with E-state index >= 15 is 0 Å². The summed E-state index contributed by atoms with van der Waals surface area (Å²) >= 11 is 0. The minimum atomic E-state index is -0.850. The summed E-state index contributed by atoms with van der Waals surface area (Å²) in [5.41, 5.74) is 0.969. The maximum absolute atomic E-state index is 13.1. The Labute approximate surface area is 211 Å². The van der Waals surface area contributed by atoms with E-state index in [4.69, 9.17) is 23.7 Å². The fourth-order valence-electron chi connectivity index (χ4n) is 4.31. The van der Waals surface area contributed by atoms with Gasteiger partial charge in [-0.2, -0.15) is 0 Å². The zero-order valence-electron chi connectivity index (χ0n) is 21.1. The average Bonchev–Trinajstić information content (AvgIpc) is 2.92. The number of carbonyl (C=O) groups is 2. The van der Waals surface area contributed by atoms with Gasteiger partial charge in [0.25, 0.3) is 0 Å². The van der Waals surface area contributed by atoms with Crippen LogP contribution in [0.25, 0.3) is 0 Å². The molecule has 1 fully saturated rings. The zero-order chi connectivity index (χ0) is 25.9. The lowest BCUT2D eigenvalue weighted by atomic mass is 9.91. The van der Waals surface area contributed by atoms with Crippen LogP contribution in [0.3, 0.4) is 0 Å². The van der Waals surface area contributed by atoms with Crippen molar-refractivity contribution in [3.05, 3.63) is 53.9 Å². The Morgan fingerprint density at radius 3 is 2.64 bits per heavy atom. The Morgan fingerprint density at radius 1 is 1.14 bits per heavy atom. The fourth-order valence-corrected chi connectivity index (χ4v) is 4.31. The van der Waals surface area contributed by atoms with Gasteiger partial charge in [0.05, 0.1) is 32.3 Å². The summed E-state index contributed by atoms with van der Waals surface area (Å²) in [6.07, 6.45) is 1.58. The number of ether oxygens (including phenoxy) is 5. The summed E-state index contributed by atoms with van der Waals surface area (Å²) < 4.78 is 28.1. The first kappa shape index (κ1) is 27.6. The largest absolute Gasteiger partial charge is 0.503 e. The van der Waals surface area contributed by atoms with Crippen molar-refractivity contribution in [3.63, 3.8) is 0 Å². The molecule has 1 saturated heterocycles. The van der Waals surface area contributed by atoms with Crippen LogP contribution in [0.2, 0.25) is 0 Å². The number of Topliss-reactive ketones (excluding diaryl/α,β-unsaturated/α-hetero) is 1. The van der Waals surface area contributed by atoms with Gasteiger partial charge >= 0.3 is 5.97 Å². The summed E-state index contributed by atoms with van der Waals surface area (Å²) in [6, 6.07) is 11.5. The fraction of sp³-hybridized carbons (Fsp3) is 0.519. The second-order valence-corrected chi connectivity index (χ2v) is 8.85. The van der Waals surface area contributed by atoms with Crippen molar-refractivity contribution >= 4 is 11.8 Å². The van der Waals surface area contributed by atoms with Crippen LogP contribution in [0.5, 0.6) is 11.5 Å². The molecule has 2 aromatic rings. The van der Waals surface area contributed by atoms with E-state index in [1.54, 1.807) is 14.0 Å². The molecule has 0 bridgehead atoms. The number of aromatic hydroxyl groups is 1. The normalized spacial score (nSPS) is 22.7. The van der Waals surface area contributed by atoms with Crippen molar-refractivity contribution in [1.29, 1.82) is 0 Å². The smallest absolute Gasteiger partial charge is 0.312 e. The molecular weight excluding hydrogens is 466 g/mol. The number of ketones is 1. The summed E-state index contributed by atoms with van der Waals surface area (Å²) in [5, 5.41) is 10.3. The van der Waals surface area contributed by atoms with Crippen LogP contribution in [-0.4, -0.2) is 74.7 Å². The van der Waals surface area contributed by atoms with Crippen molar-refractivity contribution in [2.75, 3.05) is 40.6 Å². The number of hydrogen-bond donors (Lipinski definition) is 1. The first-order chi connectivity index (χ1) is 17.4. The van der Waals surface area contributed by atoms with Gasteiger partial charge in [0, 0.05) is 44.9 Å². The number of carbonyl (C=O) groups excluding carboxylic acids is 2. The molecule has 1 aromatic heterocycles. The third-order valence-corrected chi connectivity index (χ3v) is 6.16. The Hall–Kier alpha value is -3.01. The van der Waals surface area contributed by atoms with Crippen LogP contribution in [0, 0.1) is 11.8 Å². The van der Waals surface area contributed by atoms with Crippen LogP contribution in [0.15, 0.2) is 42.6 Å². The van der Waals surface area contributed by atoms with Gasteiger partial charge in [-0.05, 0) is 25.3 Å². The Balaban J connectivity index is 1.75. The quantitative estimate of drug-likeness (QED) is 0.282. The topological polar surface area (TPSA) is 113 Å². The molecule has 1 N–H and O–H groups in total. The number of pyridine rings is 1. The van der Waals surface area contributed by atoms with E-state index in [0.29, 0.717) is 32.7 Å². The number of methoxy groups -OCH3 is 2. The predicted octanol–water partition coefficient (Wildman–Crippen LogP) is 3.23. The third-order valence-electron chi connectivity index (χ3n) is 6.16. The van der Waals surface area contributed by atoms with E-state index < -0.39 is 29.9 Å². The first-order valence-corrected chi connectivity index (χ1v) is 12.1. The van der Waals surface area contributed by atoms with Gasteiger partial charge in [0.2, 0.25) is 0 Å². The highest BCUT2D eigenvalue weighted by molar-refractivity contribution is 5.99. The van der Waals surface area contributed by atoms with Crippen molar-refractivity contribution < 1.29 is 38.4 Å². The van der Waals surface area contributed by atoms with Crippen molar-refractivity contribution in [2.24, 2.45) is 11.8 Å². The number of hydrogen-bond acceptors (Lipinski definition) is 9. The lowest BCUT2D eigenvalue weighted by Gasteiger charge is -2.31. The van der Waals surface area contributed by atoms with Crippen molar-refractivity contribution in [3.8, 4) is 11.5 Å². The number of aromatic nitrogens is 1. The van der Waals surface area contributed by atoms with E-state index in [-0.39, 0.29) is 36.1 Å². The molecule has 36 heavy (non-hydrogen) atoms. The molecule has 0 radical (unpaired) electrons. The van der Waals surface area contributed by atoms with Crippen LogP contribution < -0.4 is 4.74 Å². The van der Waals surface area contributed by atoms with Crippen LogP contribution >= 0.6 is 0 Å². The average molecular weight is 502 g/mol. The Bertz CT molecular complexity index is 983. The van der Waals surface area contributed by atoms with Gasteiger partial charge in [0.15, 0.2) is 23.0 Å². The SMILES string of the molecule is COCCCO[C@@H]1[C@@H](Cc2ccccc2)COC[C@H](CC(=O)c2nccc(OC)c2O)C(=O)O[C@H]1C. The van der Waals surface area contributed by atoms with Crippen molar-refractivity contribution in [2.45, 2.75) is 38.4 Å². The molecular formula is C27H35NO8. The first-order valence-electron chi connectivity index (χ1n) is 12.1. The second kappa shape index (κ2) is 13.9. The Kier molecular flexibility index (Phi) is 10.7. The molecule has 1 aliphatic rings. The molecule has 196 valence electrons. The summed E-state index contributed by atoms with van der Waals surface area (Å²) in [6.45, 7) is 3.16. The highest BCUT2D eigenvalue weighted by atomic mass is 16.6. The molecule has 0 amide bonds. The zero-order valence-corrected chi connectivity index (χ0v) is 21.1. The number of rotatable bonds is 11. The number of benzene rings is 1. The maximum Gasteiger partial charge on any atom is 0.312 e. The second-order valence-electron chi connectivity index (χ2n) is 8.85. The standard InChI is InChI=1S/C27H35NO8/c1-18-26(35-13-7-12-32-2)20(14-19-8-5-4-6-9-19)16-34-17-21(27(31)36-18)15-22(29)24-25(30)23(33-3)10-11-28-24/h4-6,8-11,18,20-21,26,30H,7,12-17H2,1-3H3/t18-,20-,21-,26-/m0/s1. The molecule has 3 rings (SSSR count). The van der Waals surface area contributed by atoms with Gasteiger partial charge in [-0.15, -0.1) is 0 Å². The molecule has 1 aromatic carbocycles. The molecule has 0 aliphatic carbocycles. The minimum Gasteiger partial charge on any atom is -0.503 e. The van der Waals surface area contributed by atoms with E-state index in [0.717, 1.165) is 5.56 Å². The molecule has 9 nitrogen and oxygen atoms in total. The summed E-state index contributed by atoms with van der Waals surface area (Å²) in [4.78, 5) is 29.9. The van der Waals surface area contributed by atoms with Crippen LogP contribution in [0.1, 0.15) is 35.8 Å².